The Morgan fingerprint density at radius 1 is 1.13 bits per heavy atom. The van der Waals surface area contributed by atoms with E-state index in [1.165, 1.54) is 11.3 Å². The summed E-state index contributed by atoms with van der Waals surface area (Å²) in [6.07, 6.45) is 1.14. The topological polar surface area (TPSA) is 78.7 Å². The Balaban J connectivity index is 1.57. The summed E-state index contributed by atoms with van der Waals surface area (Å²) in [5.41, 5.74) is 2.10. The Morgan fingerprint density at radius 2 is 1.90 bits per heavy atom. The number of rotatable bonds is 8. The molecular formula is C22H25ClN4O2S. The number of guanidine groups is 1. The number of pyridine rings is 1. The molecule has 0 aliphatic carbocycles. The van der Waals surface area contributed by atoms with Gasteiger partial charge in [0, 0.05) is 30.2 Å². The summed E-state index contributed by atoms with van der Waals surface area (Å²) in [5, 5.41) is 16.6. The molecule has 2 aromatic heterocycles. The highest BCUT2D eigenvalue weighted by Crippen LogP contribution is 2.26. The highest BCUT2D eigenvalue weighted by Gasteiger charge is 2.11. The number of hydrogen-bond acceptors (Lipinski definition) is 4. The summed E-state index contributed by atoms with van der Waals surface area (Å²) in [5.74, 6) is 0.638. The number of benzene rings is 1. The summed E-state index contributed by atoms with van der Waals surface area (Å²) >= 11 is 7.30. The lowest BCUT2D eigenvalue weighted by molar-refractivity contribution is 0.184. The van der Waals surface area contributed by atoms with E-state index < -0.39 is 6.10 Å². The van der Waals surface area contributed by atoms with Crippen LogP contribution in [0.4, 0.5) is 0 Å². The zero-order valence-corrected chi connectivity index (χ0v) is 18.3. The first kappa shape index (κ1) is 22.1. The molecule has 1 atom stereocenters. The maximum Gasteiger partial charge on any atom is 0.250 e. The normalized spacial score (nSPS) is 12.6. The number of hydrogen-bond donors (Lipinski definition) is 3. The lowest BCUT2D eigenvalue weighted by atomic mass is 10.1. The van der Waals surface area contributed by atoms with Crippen molar-refractivity contribution in [2.75, 3.05) is 13.1 Å². The van der Waals surface area contributed by atoms with Crippen LogP contribution in [0.5, 0.6) is 0 Å². The fourth-order valence-electron chi connectivity index (χ4n) is 2.85. The van der Waals surface area contributed by atoms with E-state index in [1.54, 1.807) is 29.0 Å². The number of thiophene rings is 1. The smallest absolute Gasteiger partial charge is 0.250 e. The van der Waals surface area contributed by atoms with Crippen molar-refractivity contribution in [2.24, 2.45) is 4.99 Å². The van der Waals surface area contributed by atoms with Gasteiger partial charge in [-0.2, -0.15) is 0 Å². The van der Waals surface area contributed by atoms with Crippen molar-refractivity contribution in [3.8, 4) is 0 Å². The van der Waals surface area contributed by atoms with Crippen molar-refractivity contribution in [1.82, 2.24) is 15.2 Å². The van der Waals surface area contributed by atoms with E-state index in [0.29, 0.717) is 29.9 Å². The molecule has 0 radical (unpaired) electrons. The molecule has 3 aromatic rings. The van der Waals surface area contributed by atoms with Crippen LogP contribution in [-0.4, -0.2) is 28.7 Å². The van der Waals surface area contributed by atoms with E-state index in [4.69, 9.17) is 11.6 Å². The molecule has 6 nitrogen and oxygen atoms in total. The second-order valence-electron chi connectivity index (χ2n) is 6.72. The predicted molar refractivity (Wildman–Crippen MR) is 123 cm³/mol. The quantitative estimate of drug-likeness (QED) is 0.367. The number of nitrogens with zero attached hydrogens (tertiary/aromatic N) is 2. The highest BCUT2D eigenvalue weighted by molar-refractivity contribution is 7.16. The van der Waals surface area contributed by atoms with Crippen LogP contribution in [0.15, 0.2) is 70.6 Å². The molecule has 0 amide bonds. The van der Waals surface area contributed by atoms with Gasteiger partial charge in [-0.3, -0.25) is 4.79 Å². The van der Waals surface area contributed by atoms with Crippen LogP contribution in [0.25, 0.3) is 0 Å². The number of nitrogens with one attached hydrogen (secondary N) is 2. The van der Waals surface area contributed by atoms with Crippen molar-refractivity contribution >= 4 is 28.9 Å². The minimum atomic E-state index is -0.646. The van der Waals surface area contributed by atoms with Gasteiger partial charge in [0.1, 0.15) is 6.10 Å². The van der Waals surface area contributed by atoms with Crippen molar-refractivity contribution in [1.29, 1.82) is 0 Å². The lowest BCUT2D eigenvalue weighted by Gasteiger charge is -2.14. The predicted octanol–water partition coefficient (Wildman–Crippen LogP) is 3.40. The highest BCUT2D eigenvalue weighted by atomic mass is 35.5. The summed E-state index contributed by atoms with van der Waals surface area (Å²) in [6.45, 7) is 4.10. The molecule has 1 unspecified atom stereocenters. The van der Waals surface area contributed by atoms with Gasteiger partial charge in [-0.1, -0.05) is 41.9 Å². The van der Waals surface area contributed by atoms with Crippen LogP contribution in [0, 0.1) is 0 Å². The minimum absolute atomic E-state index is 0.0143. The van der Waals surface area contributed by atoms with E-state index >= 15 is 0 Å². The van der Waals surface area contributed by atoms with Crippen LogP contribution < -0.4 is 16.2 Å². The SMILES string of the molecule is CCNC(=NCc1ccc(Cn2ccccc2=O)cc1)NCC(O)c1ccc(Cl)s1. The van der Waals surface area contributed by atoms with Crippen LogP contribution in [0.3, 0.4) is 0 Å². The van der Waals surface area contributed by atoms with E-state index in [0.717, 1.165) is 22.5 Å². The molecule has 0 fully saturated rings. The average Bonchev–Trinajstić information content (AvgIpc) is 3.19. The average molecular weight is 445 g/mol. The number of aliphatic hydroxyl groups excluding tert-OH is 1. The largest absolute Gasteiger partial charge is 0.386 e. The maximum absolute atomic E-state index is 11.8. The van der Waals surface area contributed by atoms with Crippen molar-refractivity contribution < 1.29 is 5.11 Å². The van der Waals surface area contributed by atoms with Crippen LogP contribution in [0.1, 0.15) is 29.0 Å². The Morgan fingerprint density at radius 3 is 2.57 bits per heavy atom. The van der Waals surface area contributed by atoms with Gasteiger partial charge in [-0.15, -0.1) is 11.3 Å². The van der Waals surface area contributed by atoms with Gasteiger partial charge in [0.05, 0.1) is 17.4 Å². The summed E-state index contributed by atoms with van der Waals surface area (Å²) < 4.78 is 2.33. The molecule has 0 saturated heterocycles. The molecule has 0 spiro atoms. The zero-order chi connectivity index (χ0) is 21.3. The van der Waals surface area contributed by atoms with E-state index in [9.17, 15) is 9.90 Å². The Labute approximate surface area is 184 Å². The first-order chi connectivity index (χ1) is 14.5. The van der Waals surface area contributed by atoms with Gasteiger partial charge < -0.3 is 20.3 Å². The maximum atomic E-state index is 11.8. The van der Waals surface area contributed by atoms with Crippen LogP contribution in [0.2, 0.25) is 4.34 Å². The number of aliphatic hydroxyl groups is 1. The Bertz CT molecular complexity index is 1030. The summed E-state index contributed by atoms with van der Waals surface area (Å²) in [6, 6.07) is 16.8. The van der Waals surface area contributed by atoms with E-state index in [-0.39, 0.29) is 5.56 Å². The number of halogens is 1. The van der Waals surface area contributed by atoms with E-state index in [2.05, 4.69) is 15.6 Å². The standard InChI is InChI=1S/C22H25ClN4O2S/c1-2-24-22(26-14-18(28)19-10-11-20(23)30-19)25-13-16-6-8-17(9-7-16)15-27-12-4-3-5-21(27)29/h3-12,18,28H,2,13-15H2,1H3,(H2,24,25,26). The molecule has 3 N–H and O–H groups in total. The monoisotopic (exact) mass is 444 g/mol. The minimum Gasteiger partial charge on any atom is -0.386 e. The van der Waals surface area contributed by atoms with Crippen molar-refractivity contribution in [3.63, 3.8) is 0 Å². The number of aromatic nitrogens is 1. The third-order valence-corrected chi connectivity index (χ3v) is 5.76. The van der Waals surface area contributed by atoms with Crippen LogP contribution in [-0.2, 0) is 13.1 Å². The molecule has 0 aliphatic rings. The van der Waals surface area contributed by atoms with Crippen LogP contribution >= 0.6 is 22.9 Å². The lowest BCUT2D eigenvalue weighted by Crippen LogP contribution is -2.39. The van der Waals surface area contributed by atoms with Crippen molar-refractivity contribution in [2.45, 2.75) is 26.1 Å². The molecule has 0 bridgehead atoms. The van der Waals surface area contributed by atoms with Crippen molar-refractivity contribution in [3.05, 3.63) is 91.5 Å². The molecule has 30 heavy (non-hydrogen) atoms. The summed E-state index contributed by atoms with van der Waals surface area (Å²) in [7, 11) is 0. The van der Waals surface area contributed by atoms with Gasteiger partial charge in [-0.25, -0.2) is 4.99 Å². The second kappa shape index (κ2) is 11.0. The molecule has 8 heteroatoms. The molecule has 0 aliphatic heterocycles. The molecule has 158 valence electrons. The van der Waals surface area contributed by atoms with Gasteiger partial charge >= 0.3 is 0 Å². The summed E-state index contributed by atoms with van der Waals surface area (Å²) in [4.78, 5) is 17.2. The second-order valence-corrected chi connectivity index (χ2v) is 8.46. The number of aliphatic imine (C=N–C) groups is 1. The fraction of sp³-hybridized carbons (Fsp3) is 0.273. The van der Waals surface area contributed by atoms with E-state index in [1.807, 2.05) is 43.3 Å². The van der Waals surface area contributed by atoms with Gasteiger partial charge in [0.15, 0.2) is 5.96 Å². The molecule has 2 heterocycles. The molecule has 0 saturated carbocycles. The van der Waals surface area contributed by atoms with Gasteiger partial charge in [0.25, 0.3) is 5.56 Å². The molecular weight excluding hydrogens is 420 g/mol. The third-order valence-electron chi connectivity index (χ3n) is 4.42. The Kier molecular flexibility index (Phi) is 8.07. The fourth-order valence-corrected chi connectivity index (χ4v) is 3.90. The van der Waals surface area contributed by atoms with Gasteiger partial charge in [-0.05, 0) is 36.2 Å². The van der Waals surface area contributed by atoms with Gasteiger partial charge in [0.2, 0.25) is 0 Å². The first-order valence-corrected chi connectivity index (χ1v) is 10.9. The first-order valence-electron chi connectivity index (χ1n) is 9.74. The third kappa shape index (κ3) is 6.45. The Hall–Kier alpha value is -2.61. The molecule has 1 aromatic carbocycles. The molecule has 3 rings (SSSR count). The zero-order valence-electron chi connectivity index (χ0n) is 16.7.